The Kier molecular flexibility index (Phi) is 7.59. The summed E-state index contributed by atoms with van der Waals surface area (Å²) < 4.78 is 5.56. The molecular formula is C32H26N4O4. The molecule has 5 rings (SSSR count). The van der Waals surface area contributed by atoms with E-state index in [0.29, 0.717) is 16.7 Å². The second-order valence-corrected chi connectivity index (χ2v) is 9.06. The molecule has 0 aliphatic heterocycles. The molecule has 1 unspecified atom stereocenters. The van der Waals surface area contributed by atoms with Gasteiger partial charge >= 0.3 is 5.97 Å². The van der Waals surface area contributed by atoms with Gasteiger partial charge in [0.2, 0.25) is 0 Å². The van der Waals surface area contributed by atoms with E-state index in [2.05, 4.69) is 5.32 Å². The summed E-state index contributed by atoms with van der Waals surface area (Å²) in [4.78, 5) is 47.5. The number of primary amides is 1. The standard InChI is InChI=1S/C32H26N4O4/c1-2-27(31(38)36-24-16-10-9-15-23(24)30(33)37)40-32(39)22-17-18-25-26(19-22)35-29(21-13-7-4-8-14-21)28(34-25)20-11-5-3-6-12-20/h3-19,27H,2H2,1H3,(H2,33,37)(H,36,38). The number of nitrogens with two attached hydrogens (primary N) is 1. The first-order valence-electron chi connectivity index (χ1n) is 12.8. The number of esters is 1. The molecule has 5 aromatic rings. The molecule has 40 heavy (non-hydrogen) atoms. The first-order valence-corrected chi connectivity index (χ1v) is 12.8. The van der Waals surface area contributed by atoms with Crippen LogP contribution in [0.3, 0.4) is 0 Å². The van der Waals surface area contributed by atoms with Gasteiger partial charge in [0, 0.05) is 11.1 Å². The molecule has 0 radical (unpaired) electrons. The number of hydrogen-bond acceptors (Lipinski definition) is 6. The summed E-state index contributed by atoms with van der Waals surface area (Å²) >= 11 is 0. The van der Waals surface area contributed by atoms with E-state index in [4.69, 9.17) is 20.4 Å². The topological polar surface area (TPSA) is 124 Å². The van der Waals surface area contributed by atoms with E-state index in [9.17, 15) is 14.4 Å². The Labute approximate surface area is 230 Å². The Morgan fingerprint density at radius 1 is 0.775 bits per heavy atom. The SMILES string of the molecule is CCC(OC(=O)c1ccc2nc(-c3ccccc3)c(-c3ccccc3)nc2c1)C(=O)Nc1ccccc1C(N)=O. The van der Waals surface area contributed by atoms with Crippen molar-refractivity contribution in [1.82, 2.24) is 9.97 Å². The van der Waals surface area contributed by atoms with Gasteiger partial charge in [0.1, 0.15) is 0 Å². The maximum absolute atomic E-state index is 13.1. The first-order chi connectivity index (χ1) is 19.4. The summed E-state index contributed by atoms with van der Waals surface area (Å²) in [5, 5.41) is 2.64. The average Bonchev–Trinajstić information content (AvgIpc) is 2.99. The van der Waals surface area contributed by atoms with Crippen LogP contribution in [0.5, 0.6) is 0 Å². The highest BCUT2D eigenvalue weighted by Gasteiger charge is 2.24. The quantitative estimate of drug-likeness (QED) is 0.250. The number of fused-ring (bicyclic) bond motifs is 1. The van der Waals surface area contributed by atoms with Gasteiger partial charge in [-0.3, -0.25) is 9.59 Å². The average molecular weight is 531 g/mol. The number of benzene rings is 4. The predicted octanol–water partition coefficient (Wildman–Crippen LogP) is 5.64. The maximum Gasteiger partial charge on any atom is 0.338 e. The van der Waals surface area contributed by atoms with Crippen LogP contribution >= 0.6 is 0 Å². The number of carbonyl (C=O) groups excluding carboxylic acids is 3. The maximum atomic E-state index is 13.1. The van der Waals surface area contributed by atoms with Gasteiger partial charge in [-0.25, -0.2) is 14.8 Å². The summed E-state index contributed by atoms with van der Waals surface area (Å²) in [7, 11) is 0. The molecule has 4 aromatic carbocycles. The van der Waals surface area contributed by atoms with Crippen molar-refractivity contribution in [1.29, 1.82) is 0 Å². The third-order valence-electron chi connectivity index (χ3n) is 6.36. The highest BCUT2D eigenvalue weighted by Crippen LogP contribution is 2.31. The number of para-hydroxylation sites is 1. The van der Waals surface area contributed by atoms with Crippen LogP contribution in [-0.4, -0.2) is 33.9 Å². The zero-order valence-corrected chi connectivity index (χ0v) is 21.7. The van der Waals surface area contributed by atoms with Crippen LogP contribution in [0.4, 0.5) is 5.69 Å². The van der Waals surface area contributed by atoms with Gasteiger partial charge in [0.25, 0.3) is 11.8 Å². The number of amides is 2. The summed E-state index contributed by atoms with van der Waals surface area (Å²) in [5.74, 6) is -1.92. The molecule has 3 N–H and O–H groups in total. The van der Waals surface area contributed by atoms with Crippen LogP contribution in [0, 0.1) is 0 Å². The zero-order valence-electron chi connectivity index (χ0n) is 21.7. The van der Waals surface area contributed by atoms with Crippen molar-refractivity contribution >= 4 is 34.5 Å². The van der Waals surface area contributed by atoms with Crippen LogP contribution in [-0.2, 0) is 9.53 Å². The van der Waals surface area contributed by atoms with Gasteiger partial charge in [-0.1, -0.05) is 79.7 Å². The lowest BCUT2D eigenvalue weighted by molar-refractivity contribution is -0.124. The fourth-order valence-electron chi connectivity index (χ4n) is 4.32. The largest absolute Gasteiger partial charge is 0.449 e. The third-order valence-corrected chi connectivity index (χ3v) is 6.36. The highest BCUT2D eigenvalue weighted by molar-refractivity contribution is 6.05. The van der Waals surface area contributed by atoms with Crippen molar-refractivity contribution in [3.63, 3.8) is 0 Å². The van der Waals surface area contributed by atoms with Crippen molar-refractivity contribution in [2.24, 2.45) is 5.73 Å². The predicted molar refractivity (Wildman–Crippen MR) is 153 cm³/mol. The first kappa shape index (κ1) is 26.2. The van der Waals surface area contributed by atoms with E-state index >= 15 is 0 Å². The van der Waals surface area contributed by atoms with E-state index in [-0.39, 0.29) is 23.2 Å². The lowest BCUT2D eigenvalue weighted by Gasteiger charge is -2.17. The molecule has 0 saturated heterocycles. The van der Waals surface area contributed by atoms with Gasteiger partial charge in [-0.2, -0.15) is 0 Å². The number of nitrogens with one attached hydrogen (secondary N) is 1. The highest BCUT2D eigenvalue weighted by atomic mass is 16.5. The third kappa shape index (κ3) is 5.56. The fourth-order valence-corrected chi connectivity index (χ4v) is 4.32. The van der Waals surface area contributed by atoms with Gasteiger partial charge in [0.05, 0.1) is 39.2 Å². The molecule has 0 aliphatic rings. The smallest absolute Gasteiger partial charge is 0.338 e. The Hall–Kier alpha value is -5.37. The normalized spacial score (nSPS) is 11.5. The fraction of sp³-hybridized carbons (Fsp3) is 0.0938. The van der Waals surface area contributed by atoms with Crippen molar-refractivity contribution in [3.05, 3.63) is 114 Å². The van der Waals surface area contributed by atoms with E-state index in [1.165, 1.54) is 6.07 Å². The summed E-state index contributed by atoms with van der Waals surface area (Å²) in [5.41, 5.74) is 10.4. The lowest BCUT2D eigenvalue weighted by Crippen LogP contribution is -2.32. The molecule has 0 fully saturated rings. The van der Waals surface area contributed by atoms with Crippen LogP contribution in [0.1, 0.15) is 34.1 Å². The Balaban J connectivity index is 1.44. The molecule has 0 spiro atoms. The van der Waals surface area contributed by atoms with Crippen molar-refractivity contribution in [3.8, 4) is 22.5 Å². The minimum absolute atomic E-state index is 0.161. The molecule has 1 atom stereocenters. The molecule has 2 amide bonds. The van der Waals surface area contributed by atoms with Crippen molar-refractivity contribution in [2.45, 2.75) is 19.4 Å². The van der Waals surface area contributed by atoms with E-state index in [1.54, 1.807) is 43.3 Å². The number of nitrogens with zero attached hydrogens (tertiary/aromatic N) is 2. The summed E-state index contributed by atoms with van der Waals surface area (Å²) in [6.45, 7) is 1.72. The van der Waals surface area contributed by atoms with Gasteiger partial charge < -0.3 is 15.8 Å². The lowest BCUT2D eigenvalue weighted by atomic mass is 10.0. The van der Waals surface area contributed by atoms with Gasteiger partial charge in [-0.15, -0.1) is 0 Å². The molecule has 8 heteroatoms. The molecule has 0 aliphatic carbocycles. The molecule has 0 saturated carbocycles. The summed E-state index contributed by atoms with van der Waals surface area (Å²) in [6.07, 6.45) is -0.863. The second-order valence-electron chi connectivity index (χ2n) is 9.06. The number of rotatable bonds is 8. The van der Waals surface area contributed by atoms with Gasteiger partial charge in [0.15, 0.2) is 6.10 Å². The molecular weight excluding hydrogens is 504 g/mol. The van der Waals surface area contributed by atoms with Crippen molar-refractivity contribution in [2.75, 3.05) is 5.32 Å². The number of carbonyl (C=O) groups is 3. The molecule has 1 aromatic heterocycles. The van der Waals surface area contributed by atoms with Gasteiger partial charge in [-0.05, 0) is 36.8 Å². The molecule has 8 nitrogen and oxygen atoms in total. The van der Waals surface area contributed by atoms with Crippen LogP contribution < -0.4 is 11.1 Å². The number of ether oxygens (including phenoxy) is 1. The van der Waals surface area contributed by atoms with E-state index in [0.717, 1.165) is 16.8 Å². The minimum Gasteiger partial charge on any atom is -0.449 e. The Bertz CT molecular complexity index is 1710. The van der Waals surface area contributed by atoms with E-state index < -0.39 is 23.9 Å². The van der Waals surface area contributed by atoms with E-state index in [1.807, 2.05) is 60.7 Å². The second kappa shape index (κ2) is 11.6. The zero-order chi connectivity index (χ0) is 28.1. The number of anilines is 1. The monoisotopic (exact) mass is 530 g/mol. The Morgan fingerprint density at radius 3 is 1.95 bits per heavy atom. The number of hydrogen-bond donors (Lipinski definition) is 2. The molecule has 198 valence electrons. The number of aromatic nitrogens is 2. The van der Waals surface area contributed by atoms with Crippen LogP contribution in [0.2, 0.25) is 0 Å². The molecule has 0 bridgehead atoms. The van der Waals surface area contributed by atoms with Crippen molar-refractivity contribution < 1.29 is 19.1 Å². The Morgan fingerprint density at radius 2 is 1.35 bits per heavy atom. The summed E-state index contributed by atoms with van der Waals surface area (Å²) in [6, 6.07) is 30.8. The van der Waals surface area contributed by atoms with Crippen LogP contribution in [0.15, 0.2) is 103 Å². The van der Waals surface area contributed by atoms with Crippen LogP contribution in [0.25, 0.3) is 33.5 Å². The minimum atomic E-state index is -1.09. The molecule has 1 heterocycles.